The Balaban J connectivity index is 2.08. The van der Waals surface area contributed by atoms with Crippen molar-refractivity contribution in [2.75, 3.05) is 19.6 Å². The SMILES string of the molecule is C[C@@H]1CNCCN1C(=O)Cc1cc(F)ccc1F. The van der Waals surface area contributed by atoms with Gasteiger partial charge in [-0.05, 0) is 25.1 Å². The molecule has 1 saturated heterocycles. The van der Waals surface area contributed by atoms with Gasteiger partial charge in [-0.3, -0.25) is 4.79 Å². The molecule has 0 radical (unpaired) electrons. The summed E-state index contributed by atoms with van der Waals surface area (Å²) in [5, 5.41) is 3.18. The van der Waals surface area contributed by atoms with Crippen LogP contribution in [0.3, 0.4) is 0 Å². The maximum absolute atomic E-state index is 13.4. The molecule has 0 spiro atoms. The van der Waals surface area contributed by atoms with Crippen molar-refractivity contribution in [3.05, 3.63) is 35.4 Å². The van der Waals surface area contributed by atoms with Gasteiger partial charge in [-0.25, -0.2) is 8.78 Å². The number of rotatable bonds is 2. The molecule has 2 rings (SSSR count). The van der Waals surface area contributed by atoms with Gasteiger partial charge in [0.05, 0.1) is 6.42 Å². The van der Waals surface area contributed by atoms with Crippen molar-refractivity contribution in [2.24, 2.45) is 0 Å². The Morgan fingerprint density at radius 3 is 3.00 bits per heavy atom. The number of carbonyl (C=O) groups is 1. The topological polar surface area (TPSA) is 32.3 Å². The van der Waals surface area contributed by atoms with Crippen LogP contribution in [0.25, 0.3) is 0 Å². The van der Waals surface area contributed by atoms with Crippen molar-refractivity contribution in [1.29, 1.82) is 0 Å². The third-order valence-corrected chi connectivity index (χ3v) is 3.17. The normalized spacial score (nSPS) is 19.9. The van der Waals surface area contributed by atoms with Gasteiger partial charge in [0.25, 0.3) is 0 Å². The fraction of sp³-hybridized carbons (Fsp3) is 0.462. The van der Waals surface area contributed by atoms with Crippen LogP contribution < -0.4 is 5.32 Å². The summed E-state index contributed by atoms with van der Waals surface area (Å²) in [5.41, 5.74) is 0.116. The van der Waals surface area contributed by atoms with Crippen LogP contribution in [0, 0.1) is 11.6 Å². The Hall–Kier alpha value is -1.49. The summed E-state index contributed by atoms with van der Waals surface area (Å²) in [5.74, 6) is -1.21. The van der Waals surface area contributed by atoms with Gasteiger partial charge in [0.2, 0.25) is 5.91 Å². The lowest BCUT2D eigenvalue weighted by molar-refractivity contribution is -0.133. The Kier molecular flexibility index (Phi) is 3.91. The van der Waals surface area contributed by atoms with Crippen LogP contribution in [0.2, 0.25) is 0 Å². The van der Waals surface area contributed by atoms with E-state index in [1.807, 2.05) is 6.92 Å². The highest BCUT2D eigenvalue weighted by Crippen LogP contribution is 2.13. The molecule has 98 valence electrons. The van der Waals surface area contributed by atoms with Gasteiger partial charge in [-0.2, -0.15) is 0 Å². The number of nitrogens with zero attached hydrogens (tertiary/aromatic N) is 1. The summed E-state index contributed by atoms with van der Waals surface area (Å²) < 4.78 is 26.5. The number of halogens is 2. The molecule has 0 aromatic heterocycles. The molecular formula is C13H16F2N2O. The molecule has 1 aliphatic rings. The first-order chi connectivity index (χ1) is 8.58. The molecule has 0 saturated carbocycles. The smallest absolute Gasteiger partial charge is 0.227 e. The van der Waals surface area contributed by atoms with Crippen molar-refractivity contribution in [3.8, 4) is 0 Å². The molecule has 1 aromatic carbocycles. The molecular weight excluding hydrogens is 238 g/mol. The van der Waals surface area contributed by atoms with Crippen LogP contribution >= 0.6 is 0 Å². The van der Waals surface area contributed by atoms with Crippen LogP contribution in [0.4, 0.5) is 8.78 Å². The largest absolute Gasteiger partial charge is 0.337 e. The number of carbonyl (C=O) groups excluding carboxylic acids is 1. The summed E-state index contributed by atoms with van der Waals surface area (Å²) in [6, 6.07) is 3.28. The Morgan fingerprint density at radius 2 is 2.28 bits per heavy atom. The van der Waals surface area contributed by atoms with Crippen LogP contribution in [0.5, 0.6) is 0 Å². The summed E-state index contributed by atoms with van der Waals surface area (Å²) >= 11 is 0. The van der Waals surface area contributed by atoms with Crippen LogP contribution in [-0.2, 0) is 11.2 Å². The van der Waals surface area contributed by atoms with Crippen molar-refractivity contribution in [1.82, 2.24) is 10.2 Å². The zero-order valence-electron chi connectivity index (χ0n) is 10.2. The molecule has 0 bridgehead atoms. The fourth-order valence-corrected chi connectivity index (χ4v) is 2.15. The summed E-state index contributed by atoms with van der Waals surface area (Å²) in [7, 11) is 0. The lowest BCUT2D eigenvalue weighted by Crippen LogP contribution is -2.52. The van der Waals surface area contributed by atoms with E-state index in [1.165, 1.54) is 0 Å². The molecule has 1 atom stereocenters. The first-order valence-electron chi connectivity index (χ1n) is 6.02. The van der Waals surface area contributed by atoms with E-state index in [2.05, 4.69) is 5.32 Å². The molecule has 1 amide bonds. The Bertz CT molecular complexity index is 451. The Labute approximate surface area is 105 Å². The quantitative estimate of drug-likeness (QED) is 0.863. The third kappa shape index (κ3) is 2.85. The van der Waals surface area contributed by atoms with Gasteiger partial charge in [-0.1, -0.05) is 0 Å². The van der Waals surface area contributed by atoms with Crippen LogP contribution in [-0.4, -0.2) is 36.5 Å². The first-order valence-corrected chi connectivity index (χ1v) is 6.02. The number of hydrogen-bond acceptors (Lipinski definition) is 2. The summed E-state index contributed by atoms with van der Waals surface area (Å²) in [6.45, 7) is 4.02. The number of hydrogen-bond donors (Lipinski definition) is 1. The number of nitrogens with one attached hydrogen (secondary N) is 1. The van der Waals surface area contributed by atoms with E-state index in [0.29, 0.717) is 6.54 Å². The summed E-state index contributed by atoms with van der Waals surface area (Å²) in [4.78, 5) is 13.8. The third-order valence-electron chi connectivity index (χ3n) is 3.17. The highest BCUT2D eigenvalue weighted by atomic mass is 19.1. The van der Waals surface area contributed by atoms with Gasteiger partial charge >= 0.3 is 0 Å². The minimum Gasteiger partial charge on any atom is -0.337 e. The monoisotopic (exact) mass is 254 g/mol. The van der Waals surface area contributed by atoms with Gasteiger partial charge in [-0.15, -0.1) is 0 Å². The molecule has 1 N–H and O–H groups in total. The molecule has 1 aromatic rings. The average Bonchev–Trinajstić information content (AvgIpc) is 2.34. The van der Waals surface area contributed by atoms with E-state index in [0.717, 1.165) is 31.3 Å². The predicted molar refractivity (Wildman–Crippen MR) is 64.1 cm³/mol. The van der Waals surface area contributed by atoms with Crippen molar-refractivity contribution < 1.29 is 13.6 Å². The zero-order valence-corrected chi connectivity index (χ0v) is 10.2. The molecule has 1 heterocycles. The molecule has 1 fully saturated rings. The first kappa shape index (κ1) is 13.0. The molecule has 0 aliphatic carbocycles. The summed E-state index contributed by atoms with van der Waals surface area (Å²) in [6.07, 6.45) is -0.0894. The standard InChI is InChI=1S/C13H16F2N2O/c1-9-8-16-4-5-17(9)13(18)7-10-6-11(14)2-3-12(10)15/h2-3,6,9,16H,4-5,7-8H2,1H3/t9-/m1/s1. The lowest BCUT2D eigenvalue weighted by atomic mass is 10.1. The number of piperazine rings is 1. The number of benzene rings is 1. The maximum atomic E-state index is 13.4. The minimum atomic E-state index is -0.535. The van der Waals surface area contributed by atoms with Crippen LogP contribution in [0.15, 0.2) is 18.2 Å². The molecule has 0 unspecified atom stereocenters. The highest BCUT2D eigenvalue weighted by Gasteiger charge is 2.23. The second-order valence-corrected chi connectivity index (χ2v) is 4.55. The van der Waals surface area contributed by atoms with E-state index in [9.17, 15) is 13.6 Å². The van der Waals surface area contributed by atoms with Gasteiger partial charge in [0, 0.05) is 31.2 Å². The van der Waals surface area contributed by atoms with E-state index in [-0.39, 0.29) is 23.9 Å². The van der Waals surface area contributed by atoms with Crippen molar-refractivity contribution >= 4 is 5.91 Å². The second kappa shape index (κ2) is 5.44. The second-order valence-electron chi connectivity index (χ2n) is 4.55. The predicted octanol–water partition coefficient (Wildman–Crippen LogP) is 1.33. The minimum absolute atomic E-state index is 0.0860. The molecule has 5 heteroatoms. The van der Waals surface area contributed by atoms with Gasteiger partial charge in [0.15, 0.2) is 0 Å². The van der Waals surface area contributed by atoms with Gasteiger partial charge in [0.1, 0.15) is 11.6 Å². The highest BCUT2D eigenvalue weighted by molar-refractivity contribution is 5.79. The van der Waals surface area contributed by atoms with E-state index < -0.39 is 11.6 Å². The van der Waals surface area contributed by atoms with E-state index in [4.69, 9.17) is 0 Å². The molecule has 18 heavy (non-hydrogen) atoms. The number of amides is 1. The average molecular weight is 254 g/mol. The Morgan fingerprint density at radius 1 is 1.50 bits per heavy atom. The molecule has 3 nitrogen and oxygen atoms in total. The lowest BCUT2D eigenvalue weighted by Gasteiger charge is -2.34. The zero-order chi connectivity index (χ0) is 13.1. The molecule has 1 aliphatic heterocycles. The van der Waals surface area contributed by atoms with Gasteiger partial charge < -0.3 is 10.2 Å². The van der Waals surface area contributed by atoms with Crippen molar-refractivity contribution in [2.45, 2.75) is 19.4 Å². The van der Waals surface area contributed by atoms with Crippen molar-refractivity contribution in [3.63, 3.8) is 0 Å². The fourth-order valence-electron chi connectivity index (χ4n) is 2.15. The van der Waals surface area contributed by atoms with E-state index in [1.54, 1.807) is 4.90 Å². The maximum Gasteiger partial charge on any atom is 0.227 e. The van der Waals surface area contributed by atoms with Crippen LogP contribution in [0.1, 0.15) is 12.5 Å². The van der Waals surface area contributed by atoms with E-state index >= 15 is 0 Å².